The number of carboxylic acid groups (broad SMARTS) is 1. The Morgan fingerprint density at radius 2 is 1.88 bits per heavy atom. The largest absolute Gasteiger partial charge is 0.477 e. The lowest BCUT2D eigenvalue weighted by Gasteiger charge is -2.05. The lowest BCUT2D eigenvalue weighted by atomic mass is 10.3. The maximum atomic E-state index is 10.8. The van der Waals surface area contributed by atoms with Crippen LogP contribution in [0.25, 0.3) is 0 Å². The SMILES string of the molecule is O=C(O)c1cccc(Nc2ccc(I)cc2)n1. The minimum absolute atomic E-state index is 0.0283. The number of aromatic nitrogens is 1. The standard InChI is InChI=1S/C12H9IN2O2/c13-8-4-6-9(7-5-8)14-11-3-1-2-10(15-11)12(16)17/h1-7H,(H,14,15)(H,16,17). The molecule has 2 aromatic rings. The summed E-state index contributed by atoms with van der Waals surface area (Å²) in [5.41, 5.74) is 0.904. The van der Waals surface area contributed by atoms with Crippen LogP contribution in [0.1, 0.15) is 10.5 Å². The van der Waals surface area contributed by atoms with Gasteiger partial charge in [-0.15, -0.1) is 0 Å². The number of benzene rings is 1. The van der Waals surface area contributed by atoms with Crippen molar-refractivity contribution in [1.82, 2.24) is 4.98 Å². The molecule has 1 aromatic heterocycles. The molecule has 0 atom stereocenters. The quantitative estimate of drug-likeness (QED) is 0.843. The van der Waals surface area contributed by atoms with Gasteiger partial charge in [0.25, 0.3) is 0 Å². The van der Waals surface area contributed by atoms with Crippen LogP contribution in [0.5, 0.6) is 0 Å². The van der Waals surface area contributed by atoms with Gasteiger partial charge in [0.05, 0.1) is 0 Å². The Balaban J connectivity index is 2.21. The molecule has 0 saturated heterocycles. The third-order valence-electron chi connectivity index (χ3n) is 2.08. The van der Waals surface area contributed by atoms with Gasteiger partial charge in [-0.1, -0.05) is 6.07 Å². The topological polar surface area (TPSA) is 62.2 Å². The van der Waals surface area contributed by atoms with Crippen LogP contribution in [0.4, 0.5) is 11.5 Å². The van der Waals surface area contributed by atoms with Crippen molar-refractivity contribution in [3.05, 3.63) is 51.7 Å². The van der Waals surface area contributed by atoms with Crippen LogP contribution < -0.4 is 5.32 Å². The molecule has 0 unspecified atom stereocenters. The highest BCUT2D eigenvalue weighted by atomic mass is 127. The summed E-state index contributed by atoms with van der Waals surface area (Å²) in [6, 6.07) is 12.6. The van der Waals surface area contributed by atoms with E-state index in [1.165, 1.54) is 6.07 Å². The van der Waals surface area contributed by atoms with Crippen LogP contribution in [0.2, 0.25) is 0 Å². The highest BCUT2D eigenvalue weighted by Crippen LogP contribution is 2.16. The van der Waals surface area contributed by atoms with Crippen molar-refractivity contribution in [3.8, 4) is 0 Å². The maximum Gasteiger partial charge on any atom is 0.354 e. The molecule has 1 heterocycles. The van der Waals surface area contributed by atoms with Gasteiger partial charge >= 0.3 is 5.97 Å². The Labute approximate surface area is 112 Å². The number of nitrogens with zero attached hydrogens (tertiary/aromatic N) is 1. The first kappa shape index (κ1) is 11.8. The second kappa shape index (κ2) is 5.13. The molecule has 0 amide bonds. The molecule has 0 aliphatic heterocycles. The summed E-state index contributed by atoms with van der Waals surface area (Å²) < 4.78 is 1.14. The summed E-state index contributed by atoms with van der Waals surface area (Å²) in [4.78, 5) is 14.7. The Bertz CT molecular complexity index is 540. The molecule has 0 bridgehead atoms. The predicted octanol–water partition coefficient (Wildman–Crippen LogP) is 3.13. The Kier molecular flexibility index (Phi) is 3.58. The number of aromatic carboxylic acids is 1. The molecule has 0 radical (unpaired) electrons. The van der Waals surface area contributed by atoms with Gasteiger partial charge in [0.15, 0.2) is 5.69 Å². The van der Waals surface area contributed by atoms with Crippen LogP contribution in [-0.4, -0.2) is 16.1 Å². The molecular formula is C12H9IN2O2. The molecule has 0 aliphatic rings. The van der Waals surface area contributed by atoms with Crippen molar-refractivity contribution >= 4 is 40.1 Å². The van der Waals surface area contributed by atoms with E-state index in [1.807, 2.05) is 24.3 Å². The zero-order valence-electron chi connectivity index (χ0n) is 8.72. The van der Waals surface area contributed by atoms with E-state index in [0.717, 1.165) is 9.26 Å². The summed E-state index contributed by atoms with van der Waals surface area (Å²) in [5.74, 6) is -0.512. The van der Waals surface area contributed by atoms with E-state index in [-0.39, 0.29) is 5.69 Å². The van der Waals surface area contributed by atoms with Crippen LogP contribution in [0.3, 0.4) is 0 Å². The van der Waals surface area contributed by atoms with Crippen molar-refractivity contribution in [2.75, 3.05) is 5.32 Å². The van der Waals surface area contributed by atoms with E-state index < -0.39 is 5.97 Å². The zero-order valence-corrected chi connectivity index (χ0v) is 10.9. The van der Waals surface area contributed by atoms with Crippen LogP contribution in [-0.2, 0) is 0 Å². The number of hydrogen-bond donors (Lipinski definition) is 2. The van der Waals surface area contributed by atoms with Crippen LogP contribution >= 0.6 is 22.6 Å². The maximum absolute atomic E-state index is 10.8. The van der Waals surface area contributed by atoms with E-state index in [1.54, 1.807) is 12.1 Å². The van der Waals surface area contributed by atoms with E-state index >= 15 is 0 Å². The molecule has 0 spiro atoms. The molecule has 2 rings (SSSR count). The molecular weight excluding hydrogens is 331 g/mol. The third kappa shape index (κ3) is 3.16. The van der Waals surface area contributed by atoms with Crippen molar-refractivity contribution in [2.45, 2.75) is 0 Å². The minimum atomic E-state index is -1.03. The van der Waals surface area contributed by atoms with Gasteiger partial charge in [-0.3, -0.25) is 0 Å². The molecule has 2 N–H and O–H groups in total. The second-order valence-corrected chi connectivity index (χ2v) is 4.59. The molecule has 1 aromatic carbocycles. The fraction of sp³-hybridized carbons (Fsp3) is 0. The smallest absolute Gasteiger partial charge is 0.354 e. The summed E-state index contributed by atoms with van der Waals surface area (Å²) in [7, 11) is 0. The fourth-order valence-corrected chi connectivity index (χ4v) is 1.66. The average molecular weight is 340 g/mol. The van der Waals surface area contributed by atoms with Crippen LogP contribution in [0, 0.1) is 3.57 Å². The van der Waals surface area contributed by atoms with Gasteiger partial charge in [0.1, 0.15) is 5.82 Å². The minimum Gasteiger partial charge on any atom is -0.477 e. The molecule has 0 aliphatic carbocycles. The number of carboxylic acids is 1. The monoisotopic (exact) mass is 340 g/mol. The van der Waals surface area contributed by atoms with Gasteiger partial charge in [0, 0.05) is 9.26 Å². The number of hydrogen-bond acceptors (Lipinski definition) is 3. The highest BCUT2D eigenvalue weighted by Gasteiger charge is 2.04. The molecule has 0 fully saturated rings. The Morgan fingerprint density at radius 3 is 2.53 bits per heavy atom. The summed E-state index contributed by atoms with van der Waals surface area (Å²) in [6.45, 7) is 0. The van der Waals surface area contributed by atoms with Crippen molar-refractivity contribution < 1.29 is 9.90 Å². The zero-order chi connectivity index (χ0) is 12.3. The number of anilines is 2. The van der Waals surface area contributed by atoms with Gasteiger partial charge in [-0.05, 0) is 59.0 Å². The van der Waals surface area contributed by atoms with E-state index in [4.69, 9.17) is 5.11 Å². The first-order valence-corrected chi connectivity index (χ1v) is 5.96. The van der Waals surface area contributed by atoms with E-state index in [9.17, 15) is 4.79 Å². The van der Waals surface area contributed by atoms with Gasteiger partial charge in [-0.25, -0.2) is 9.78 Å². The number of carbonyl (C=O) groups is 1. The first-order valence-electron chi connectivity index (χ1n) is 4.88. The second-order valence-electron chi connectivity index (χ2n) is 3.35. The number of pyridine rings is 1. The normalized spacial score (nSPS) is 9.94. The summed E-state index contributed by atoms with van der Waals surface area (Å²) in [5, 5.41) is 11.9. The lowest BCUT2D eigenvalue weighted by Crippen LogP contribution is -2.02. The van der Waals surface area contributed by atoms with Gasteiger partial charge in [0.2, 0.25) is 0 Å². The molecule has 17 heavy (non-hydrogen) atoms. The van der Waals surface area contributed by atoms with Crippen molar-refractivity contribution in [2.24, 2.45) is 0 Å². The highest BCUT2D eigenvalue weighted by molar-refractivity contribution is 14.1. The molecule has 5 heteroatoms. The van der Waals surface area contributed by atoms with Gasteiger partial charge in [-0.2, -0.15) is 0 Å². The third-order valence-corrected chi connectivity index (χ3v) is 2.80. The molecule has 0 saturated carbocycles. The van der Waals surface area contributed by atoms with Gasteiger partial charge < -0.3 is 10.4 Å². The molecule has 86 valence electrons. The van der Waals surface area contributed by atoms with Crippen LogP contribution in [0.15, 0.2) is 42.5 Å². The van der Waals surface area contributed by atoms with E-state index in [2.05, 4.69) is 32.9 Å². The predicted molar refractivity (Wildman–Crippen MR) is 73.6 cm³/mol. The number of rotatable bonds is 3. The lowest BCUT2D eigenvalue weighted by molar-refractivity contribution is 0.0690. The Morgan fingerprint density at radius 1 is 1.18 bits per heavy atom. The fourth-order valence-electron chi connectivity index (χ4n) is 1.30. The Hall–Kier alpha value is -1.63. The number of halogens is 1. The van der Waals surface area contributed by atoms with Crippen molar-refractivity contribution in [1.29, 1.82) is 0 Å². The van der Waals surface area contributed by atoms with E-state index in [0.29, 0.717) is 5.82 Å². The number of nitrogens with one attached hydrogen (secondary N) is 1. The average Bonchev–Trinajstić information content (AvgIpc) is 2.32. The molecule has 4 nitrogen and oxygen atoms in total. The summed E-state index contributed by atoms with van der Waals surface area (Å²) in [6.07, 6.45) is 0. The first-order chi connectivity index (χ1) is 8.15. The summed E-state index contributed by atoms with van der Waals surface area (Å²) >= 11 is 2.22. The van der Waals surface area contributed by atoms with Crippen molar-refractivity contribution in [3.63, 3.8) is 0 Å².